The number of halogens is 1. The molecule has 1 saturated heterocycles. The predicted molar refractivity (Wildman–Crippen MR) is 112 cm³/mol. The van der Waals surface area contributed by atoms with E-state index in [0.29, 0.717) is 5.91 Å². The van der Waals surface area contributed by atoms with Gasteiger partial charge in [-0.15, -0.1) is 0 Å². The Hall–Kier alpha value is -0.590. The summed E-state index contributed by atoms with van der Waals surface area (Å²) in [7, 11) is -1.22. The molecule has 25 heavy (non-hydrogen) atoms. The predicted octanol–water partition coefficient (Wildman–Crippen LogP) is 6.43. The van der Waals surface area contributed by atoms with Crippen molar-refractivity contribution in [1.29, 1.82) is 0 Å². The summed E-state index contributed by atoms with van der Waals surface area (Å²) in [5, 5.41) is 4.05. The number of benzene rings is 1. The lowest BCUT2D eigenvalue weighted by Crippen LogP contribution is -2.52. The van der Waals surface area contributed by atoms with Crippen LogP contribution in [-0.2, 0) is 4.79 Å². The summed E-state index contributed by atoms with van der Waals surface area (Å²) in [4.78, 5) is 13.6. The van der Waals surface area contributed by atoms with Crippen LogP contribution >= 0.6 is 18.9 Å². The molecule has 4 heteroatoms. The first-order chi connectivity index (χ1) is 11.9. The van der Waals surface area contributed by atoms with Gasteiger partial charge in [-0.05, 0) is 89.0 Å². The van der Waals surface area contributed by atoms with E-state index < -0.39 is 7.26 Å². The van der Waals surface area contributed by atoms with Gasteiger partial charge >= 0.3 is 0 Å². The number of rotatable bonds is 4. The van der Waals surface area contributed by atoms with E-state index in [0.717, 1.165) is 34.7 Å². The van der Waals surface area contributed by atoms with Gasteiger partial charge in [-0.1, -0.05) is 11.6 Å². The molecule has 0 spiro atoms. The maximum absolute atomic E-state index is 13.6. The van der Waals surface area contributed by atoms with Gasteiger partial charge in [-0.2, -0.15) is 0 Å². The molecule has 2 fully saturated rings. The van der Waals surface area contributed by atoms with E-state index in [1.54, 1.807) is 0 Å². The number of nitrogens with one attached hydrogen (secondary N) is 1. The van der Waals surface area contributed by atoms with Crippen LogP contribution in [0.25, 0.3) is 0 Å². The summed E-state index contributed by atoms with van der Waals surface area (Å²) in [6.07, 6.45) is 12.7. The third kappa shape index (κ3) is 3.37. The number of hydrogen-bond donors (Lipinski definition) is 1. The molecular formula is C21H32ClNOP+. The van der Waals surface area contributed by atoms with Gasteiger partial charge in [-0.3, -0.25) is 4.79 Å². The standard InChI is InChI=1S/C21H31ClNOP/c1-4-25(12-7-5-6-8-13-25)21(10-9-11-21)20(24)23-19-16(2)14-18(22)15-17(19)3/h14-15H,4-13H2,1-3H3/p+1. The Balaban J connectivity index is 1.91. The molecule has 1 aliphatic carbocycles. The molecule has 1 saturated carbocycles. The van der Waals surface area contributed by atoms with Crippen LogP contribution in [0.2, 0.25) is 5.02 Å². The Morgan fingerprint density at radius 1 is 1.08 bits per heavy atom. The Bertz CT molecular complexity index is 622. The fraction of sp³-hybridized carbons (Fsp3) is 0.667. The van der Waals surface area contributed by atoms with Crippen molar-refractivity contribution in [3.8, 4) is 0 Å². The molecule has 2 nitrogen and oxygen atoms in total. The zero-order chi connectivity index (χ0) is 18.1. The second-order valence-corrected chi connectivity index (χ2v) is 13.2. The quantitative estimate of drug-likeness (QED) is 0.599. The molecule has 1 aromatic rings. The summed E-state index contributed by atoms with van der Waals surface area (Å²) in [6, 6.07) is 3.90. The maximum Gasteiger partial charge on any atom is 0.268 e. The van der Waals surface area contributed by atoms with Gasteiger partial charge in [0, 0.05) is 18.0 Å². The van der Waals surface area contributed by atoms with E-state index in [4.69, 9.17) is 11.6 Å². The van der Waals surface area contributed by atoms with Crippen LogP contribution in [0.4, 0.5) is 5.69 Å². The molecule has 2 aliphatic rings. The van der Waals surface area contributed by atoms with E-state index in [-0.39, 0.29) is 5.16 Å². The average Bonchev–Trinajstić information content (AvgIpc) is 2.76. The molecule has 0 radical (unpaired) electrons. The van der Waals surface area contributed by atoms with E-state index in [1.165, 1.54) is 50.6 Å². The van der Waals surface area contributed by atoms with Crippen molar-refractivity contribution in [3.63, 3.8) is 0 Å². The SMILES string of the molecule is CC[P+]1(C2(C(=O)Nc3c(C)cc(Cl)cc3C)CCC2)CCCCCC1. The highest BCUT2D eigenvalue weighted by molar-refractivity contribution is 7.78. The van der Waals surface area contributed by atoms with E-state index in [9.17, 15) is 4.79 Å². The molecule has 1 heterocycles. The lowest BCUT2D eigenvalue weighted by Gasteiger charge is -2.49. The first-order valence-electron chi connectivity index (χ1n) is 9.88. The Labute approximate surface area is 158 Å². The van der Waals surface area contributed by atoms with E-state index in [2.05, 4.69) is 12.2 Å². The maximum atomic E-state index is 13.6. The van der Waals surface area contributed by atoms with Gasteiger partial charge in [-0.25, -0.2) is 0 Å². The van der Waals surface area contributed by atoms with Gasteiger partial charge in [0.2, 0.25) is 0 Å². The van der Waals surface area contributed by atoms with Gasteiger partial charge in [0.25, 0.3) is 5.91 Å². The van der Waals surface area contributed by atoms with Crippen LogP contribution in [-0.4, -0.2) is 29.5 Å². The molecule has 1 N–H and O–H groups in total. The molecule has 0 aromatic heterocycles. The summed E-state index contributed by atoms with van der Waals surface area (Å²) < 4.78 is 0. The first-order valence-corrected chi connectivity index (χ1v) is 12.6. The molecule has 0 unspecified atom stereocenters. The highest BCUT2D eigenvalue weighted by Gasteiger charge is 2.64. The van der Waals surface area contributed by atoms with Crippen molar-refractivity contribution in [2.24, 2.45) is 0 Å². The number of carbonyl (C=O) groups excluding carboxylic acids is 1. The molecule has 1 aliphatic heterocycles. The van der Waals surface area contributed by atoms with Crippen LogP contribution < -0.4 is 5.32 Å². The minimum absolute atomic E-state index is 0.0510. The van der Waals surface area contributed by atoms with Crippen LogP contribution in [0.3, 0.4) is 0 Å². The Morgan fingerprint density at radius 3 is 2.08 bits per heavy atom. The Morgan fingerprint density at radius 2 is 1.64 bits per heavy atom. The lowest BCUT2D eigenvalue weighted by atomic mass is 9.83. The average molecular weight is 381 g/mol. The zero-order valence-electron chi connectivity index (χ0n) is 16.0. The largest absolute Gasteiger partial charge is 0.322 e. The van der Waals surface area contributed by atoms with Crippen molar-refractivity contribution >= 4 is 30.5 Å². The number of hydrogen-bond acceptors (Lipinski definition) is 1. The molecule has 1 aromatic carbocycles. The smallest absolute Gasteiger partial charge is 0.268 e. The molecule has 1 amide bonds. The third-order valence-electron chi connectivity index (χ3n) is 6.77. The topological polar surface area (TPSA) is 29.1 Å². The number of aryl methyl sites for hydroxylation is 2. The van der Waals surface area contributed by atoms with Gasteiger partial charge in [0.1, 0.15) is 0 Å². The Kier molecular flexibility index (Phi) is 5.81. The third-order valence-corrected chi connectivity index (χ3v) is 13.0. The first kappa shape index (κ1) is 19.2. The van der Waals surface area contributed by atoms with E-state index >= 15 is 0 Å². The molecule has 3 rings (SSSR count). The lowest BCUT2D eigenvalue weighted by molar-refractivity contribution is -0.120. The molecule has 0 bridgehead atoms. The number of amides is 1. The highest BCUT2D eigenvalue weighted by Crippen LogP contribution is 2.76. The van der Waals surface area contributed by atoms with Crippen molar-refractivity contribution in [2.75, 3.05) is 23.8 Å². The van der Waals surface area contributed by atoms with Crippen molar-refractivity contribution in [2.45, 2.75) is 70.9 Å². The van der Waals surface area contributed by atoms with Crippen LogP contribution in [0.1, 0.15) is 63.0 Å². The van der Waals surface area contributed by atoms with Crippen molar-refractivity contribution < 1.29 is 4.79 Å². The fourth-order valence-corrected chi connectivity index (χ4v) is 11.2. The minimum Gasteiger partial charge on any atom is -0.322 e. The summed E-state index contributed by atoms with van der Waals surface area (Å²) in [5.41, 5.74) is 3.11. The fourth-order valence-electron chi connectivity index (χ4n) is 5.11. The second-order valence-electron chi connectivity index (χ2n) is 8.08. The molecule has 138 valence electrons. The molecule has 0 atom stereocenters. The summed E-state index contributed by atoms with van der Waals surface area (Å²) in [5.74, 6) is 0.310. The van der Waals surface area contributed by atoms with Crippen LogP contribution in [0, 0.1) is 13.8 Å². The highest BCUT2D eigenvalue weighted by atomic mass is 35.5. The minimum atomic E-state index is -1.22. The number of anilines is 1. The zero-order valence-corrected chi connectivity index (χ0v) is 17.6. The normalized spacial score (nSPS) is 21.9. The van der Waals surface area contributed by atoms with Crippen LogP contribution in [0.15, 0.2) is 12.1 Å². The molecular weight excluding hydrogens is 349 g/mol. The van der Waals surface area contributed by atoms with Crippen molar-refractivity contribution in [1.82, 2.24) is 0 Å². The van der Waals surface area contributed by atoms with Crippen molar-refractivity contribution in [3.05, 3.63) is 28.3 Å². The summed E-state index contributed by atoms with van der Waals surface area (Å²) in [6.45, 7) is 6.43. The van der Waals surface area contributed by atoms with Gasteiger partial charge < -0.3 is 5.32 Å². The van der Waals surface area contributed by atoms with E-state index in [1.807, 2.05) is 26.0 Å². The summed E-state index contributed by atoms with van der Waals surface area (Å²) >= 11 is 6.16. The monoisotopic (exact) mass is 380 g/mol. The van der Waals surface area contributed by atoms with Gasteiger partial charge in [0.15, 0.2) is 5.16 Å². The number of carbonyl (C=O) groups is 1. The van der Waals surface area contributed by atoms with Crippen LogP contribution in [0.5, 0.6) is 0 Å². The van der Waals surface area contributed by atoms with Gasteiger partial charge in [0.05, 0.1) is 18.5 Å². The second kappa shape index (κ2) is 7.57.